The van der Waals surface area contributed by atoms with Gasteiger partial charge in [0, 0.05) is 18.2 Å². The van der Waals surface area contributed by atoms with Crippen LogP contribution in [0.2, 0.25) is 0 Å². The van der Waals surface area contributed by atoms with Gasteiger partial charge in [0.25, 0.3) is 5.56 Å². The number of rotatable bonds is 1. The van der Waals surface area contributed by atoms with Gasteiger partial charge in [-0.25, -0.2) is 4.79 Å². The van der Waals surface area contributed by atoms with Crippen LogP contribution in [0.4, 0.5) is 0 Å². The zero-order valence-corrected chi connectivity index (χ0v) is 9.90. The molecule has 18 heavy (non-hydrogen) atoms. The third kappa shape index (κ3) is 1.48. The quantitative estimate of drug-likeness (QED) is 0.805. The highest BCUT2D eigenvalue weighted by molar-refractivity contribution is 5.72. The Balaban J connectivity index is 2.41. The van der Waals surface area contributed by atoms with Crippen molar-refractivity contribution >= 4 is 0 Å². The van der Waals surface area contributed by atoms with Gasteiger partial charge >= 0.3 is 5.69 Å². The Morgan fingerprint density at radius 3 is 2.94 bits per heavy atom. The number of aryl methyl sites for hydroxylation is 1. The summed E-state index contributed by atoms with van der Waals surface area (Å²) in [4.78, 5) is 25.5. The predicted molar refractivity (Wildman–Crippen MR) is 67.0 cm³/mol. The normalized spacial score (nSPS) is 12.7. The SMILES string of the molecule is COc1cccc2c1-c1cc(=O)[nH]c(=O)n1CC2. The molecule has 0 spiro atoms. The smallest absolute Gasteiger partial charge is 0.328 e. The van der Waals surface area contributed by atoms with Gasteiger partial charge in [0.2, 0.25) is 0 Å². The molecule has 0 aliphatic carbocycles. The summed E-state index contributed by atoms with van der Waals surface area (Å²) in [7, 11) is 1.58. The molecule has 92 valence electrons. The molecule has 1 aliphatic heterocycles. The number of benzene rings is 1. The van der Waals surface area contributed by atoms with Crippen molar-refractivity contribution in [3.05, 3.63) is 50.7 Å². The van der Waals surface area contributed by atoms with Crippen LogP contribution in [0, 0.1) is 0 Å². The van der Waals surface area contributed by atoms with Gasteiger partial charge in [0.05, 0.1) is 12.8 Å². The second-order valence-corrected chi connectivity index (χ2v) is 4.22. The lowest BCUT2D eigenvalue weighted by Gasteiger charge is -2.22. The lowest BCUT2D eigenvalue weighted by Crippen LogP contribution is -2.33. The molecule has 5 heteroatoms. The molecule has 0 atom stereocenters. The van der Waals surface area contributed by atoms with E-state index in [9.17, 15) is 9.59 Å². The summed E-state index contributed by atoms with van der Waals surface area (Å²) in [6, 6.07) is 7.19. The van der Waals surface area contributed by atoms with Crippen molar-refractivity contribution in [3.8, 4) is 17.0 Å². The van der Waals surface area contributed by atoms with Crippen molar-refractivity contribution in [2.45, 2.75) is 13.0 Å². The van der Waals surface area contributed by atoms with Crippen LogP contribution in [0.3, 0.4) is 0 Å². The molecule has 1 N–H and O–H groups in total. The van der Waals surface area contributed by atoms with E-state index in [1.807, 2.05) is 18.2 Å². The molecule has 1 aromatic heterocycles. The van der Waals surface area contributed by atoms with Crippen LogP contribution in [-0.4, -0.2) is 16.7 Å². The molecule has 2 aromatic rings. The van der Waals surface area contributed by atoms with E-state index in [0.29, 0.717) is 18.0 Å². The summed E-state index contributed by atoms with van der Waals surface area (Å²) in [6.45, 7) is 0.575. The predicted octanol–water partition coefficient (Wildman–Crippen LogP) is 0.768. The van der Waals surface area contributed by atoms with E-state index in [2.05, 4.69) is 4.98 Å². The average Bonchev–Trinajstić information content (AvgIpc) is 2.37. The third-order valence-corrected chi connectivity index (χ3v) is 3.23. The van der Waals surface area contributed by atoms with Crippen molar-refractivity contribution in [1.29, 1.82) is 0 Å². The first-order valence-electron chi connectivity index (χ1n) is 5.71. The molecule has 0 saturated heterocycles. The minimum Gasteiger partial charge on any atom is -0.496 e. The monoisotopic (exact) mass is 244 g/mol. The number of aromatic amines is 1. The fourth-order valence-corrected chi connectivity index (χ4v) is 2.43. The molecule has 2 heterocycles. The molecule has 1 aliphatic rings. The Hall–Kier alpha value is -2.30. The number of fused-ring (bicyclic) bond motifs is 3. The van der Waals surface area contributed by atoms with Crippen molar-refractivity contribution in [2.75, 3.05) is 7.11 Å². The molecule has 3 rings (SSSR count). The highest BCUT2D eigenvalue weighted by Crippen LogP contribution is 2.35. The Morgan fingerprint density at radius 1 is 1.33 bits per heavy atom. The Bertz CT molecular complexity index is 713. The highest BCUT2D eigenvalue weighted by Gasteiger charge is 2.20. The van der Waals surface area contributed by atoms with E-state index < -0.39 is 0 Å². The van der Waals surface area contributed by atoms with E-state index in [0.717, 1.165) is 17.5 Å². The molecule has 0 amide bonds. The summed E-state index contributed by atoms with van der Waals surface area (Å²) in [5.74, 6) is 0.686. The lowest BCUT2D eigenvalue weighted by atomic mass is 9.97. The van der Waals surface area contributed by atoms with E-state index in [1.54, 1.807) is 11.7 Å². The molecule has 0 bridgehead atoms. The van der Waals surface area contributed by atoms with Crippen molar-refractivity contribution in [1.82, 2.24) is 9.55 Å². The molecule has 5 nitrogen and oxygen atoms in total. The molecule has 0 saturated carbocycles. The van der Waals surface area contributed by atoms with E-state index >= 15 is 0 Å². The number of hydrogen-bond donors (Lipinski definition) is 1. The van der Waals surface area contributed by atoms with Crippen molar-refractivity contribution in [3.63, 3.8) is 0 Å². The van der Waals surface area contributed by atoms with E-state index in [1.165, 1.54) is 6.07 Å². The fourth-order valence-electron chi connectivity index (χ4n) is 2.43. The maximum Gasteiger partial charge on any atom is 0.328 e. The average molecular weight is 244 g/mol. The fraction of sp³-hybridized carbons (Fsp3) is 0.231. The lowest BCUT2D eigenvalue weighted by molar-refractivity contribution is 0.414. The maximum atomic E-state index is 11.8. The van der Waals surface area contributed by atoms with Crippen LogP contribution in [0.1, 0.15) is 5.56 Å². The summed E-state index contributed by atoms with van der Waals surface area (Å²) in [6.07, 6.45) is 0.755. The Kier molecular flexibility index (Phi) is 2.33. The molecule has 0 radical (unpaired) electrons. The molecule has 0 fully saturated rings. The summed E-state index contributed by atoms with van der Waals surface area (Å²) >= 11 is 0. The first-order valence-corrected chi connectivity index (χ1v) is 5.71. The number of ether oxygens (including phenoxy) is 1. The van der Waals surface area contributed by atoms with Gasteiger partial charge in [-0.2, -0.15) is 0 Å². The minimum atomic E-state index is -0.384. The largest absolute Gasteiger partial charge is 0.496 e. The molecular formula is C13H12N2O3. The van der Waals surface area contributed by atoms with Crippen LogP contribution >= 0.6 is 0 Å². The third-order valence-electron chi connectivity index (χ3n) is 3.23. The van der Waals surface area contributed by atoms with Crippen LogP contribution in [0.15, 0.2) is 33.9 Å². The number of methoxy groups -OCH3 is 1. The maximum absolute atomic E-state index is 11.8. The van der Waals surface area contributed by atoms with Gasteiger partial charge in [-0.1, -0.05) is 12.1 Å². The van der Waals surface area contributed by atoms with Crippen LogP contribution in [0.25, 0.3) is 11.3 Å². The van der Waals surface area contributed by atoms with Gasteiger partial charge < -0.3 is 4.74 Å². The van der Waals surface area contributed by atoms with Crippen LogP contribution in [0.5, 0.6) is 5.75 Å². The van der Waals surface area contributed by atoms with Crippen molar-refractivity contribution in [2.24, 2.45) is 0 Å². The first kappa shape index (κ1) is 10.8. The number of hydrogen-bond acceptors (Lipinski definition) is 3. The van der Waals surface area contributed by atoms with Gasteiger partial charge in [0.1, 0.15) is 5.75 Å². The topological polar surface area (TPSA) is 64.1 Å². The van der Waals surface area contributed by atoms with Crippen molar-refractivity contribution < 1.29 is 4.74 Å². The van der Waals surface area contributed by atoms with Gasteiger partial charge in [-0.05, 0) is 18.1 Å². The van der Waals surface area contributed by atoms with Gasteiger partial charge in [-0.15, -0.1) is 0 Å². The first-order chi connectivity index (χ1) is 8.70. The number of nitrogens with one attached hydrogen (secondary N) is 1. The van der Waals surface area contributed by atoms with Crippen LogP contribution in [-0.2, 0) is 13.0 Å². The highest BCUT2D eigenvalue weighted by atomic mass is 16.5. The summed E-state index contributed by atoms with van der Waals surface area (Å²) < 4.78 is 6.90. The second kappa shape index (κ2) is 3.87. The minimum absolute atomic E-state index is 0.367. The number of aromatic nitrogens is 2. The van der Waals surface area contributed by atoms with Gasteiger partial charge in [-0.3, -0.25) is 14.3 Å². The van der Waals surface area contributed by atoms with Gasteiger partial charge in [0.15, 0.2) is 0 Å². The second-order valence-electron chi connectivity index (χ2n) is 4.22. The van der Waals surface area contributed by atoms with Crippen LogP contribution < -0.4 is 16.0 Å². The van der Waals surface area contributed by atoms with E-state index in [4.69, 9.17) is 4.74 Å². The summed E-state index contributed by atoms with van der Waals surface area (Å²) in [5.41, 5.74) is 1.82. The molecule has 1 aromatic carbocycles. The standard InChI is InChI=1S/C13H12N2O3/c1-18-10-4-2-3-8-5-6-15-9(12(8)10)7-11(16)14-13(15)17/h2-4,7H,5-6H2,1H3,(H,14,16,17). The Labute approximate surface area is 103 Å². The number of H-pyrrole nitrogens is 1. The van der Waals surface area contributed by atoms with E-state index in [-0.39, 0.29) is 11.2 Å². The number of nitrogens with zero attached hydrogens (tertiary/aromatic N) is 1. The zero-order chi connectivity index (χ0) is 12.7. The molecular weight excluding hydrogens is 232 g/mol. The molecule has 0 unspecified atom stereocenters. The summed E-state index contributed by atoms with van der Waals surface area (Å²) in [5, 5.41) is 0. The Morgan fingerprint density at radius 2 is 2.17 bits per heavy atom. The zero-order valence-electron chi connectivity index (χ0n) is 9.90.